The van der Waals surface area contributed by atoms with Crippen molar-refractivity contribution in [3.05, 3.63) is 29.8 Å². The largest absolute Gasteiger partial charge is 0.539 e. The predicted octanol–water partition coefficient (Wildman–Crippen LogP) is 0.137. The Morgan fingerprint density at radius 1 is 1.36 bits per heavy atom. The SMILES string of the molecule is O=Cc1ccc(OBO)cc1. The summed E-state index contributed by atoms with van der Waals surface area (Å²) in [6.07, 6.45) is 0.753. The van der Waals surface area contributed by atoms with Gasteiger partial charge in [-0.3, -0.25) is 4.79 Å². The van der Waals surface area contributed by atoms with Crippen LogP contribution in [0.2, 0.25) is 0 Å². The van der Waals surface area contributed by atoms with Gasteiger partial charge in [-0.2, -0.15) is 0 Å². The zero-order valence-corrected chi connectivity index (χ0v) is 5.86. The molecule has 0 saturated carbocycles. The Bertz CT molecular complexity index is 232. The van der Waals surface area contributed by atoms with Gasteiger partial charge < -0.3 is 9.68 Å². The molecule has 0 radical (unpaired) electrons. The molecule has 0 bridgehead atoms. The van der Waals surface area contributed by atoms with Crippen LogP contribution in [-0.4, -0.2) is 19.0 Å². The molecule has 0 saturated heterocycles. The van der Waals surface area contributed by atoms with Gasteiger partial charge in [0.05, 0.1) is 0 Å². The van der Waals surface area contributed by atoms with Crippen molar-refractivity contribution in [3.63, 3.8) is 0 Å². The van der Waals surface area contributed by atoms with Crippen LogP contribution in [0, 0.1) is 0 Å². The van der Waals surface area contributed by atoms with E-state index in [2.05, 4.69) is 0 Å². The highest BCUT2D eigenvalue weighted by Gasteiger charge is 1.92. The normalized spacial score (nSPS) is 8.82. The molecule has 0 aliphatic carbocycles. The molecule has 0 fully saturated rings. The second-order valence-electron chi connectivity index (χ2n) is 1.96. The van der Waals surface area contributed by atoms with Crippen LogP contribution in [0.1, 0.15) is 10.4 Å². The molecule has 0 unspecified atom stereocenters. The van der Waals surface area contributed by atoms with E-state index in [9.17, 15) is 4.79 Å². The third kappa shape index (κ3) is 2.09. The predicted molar refractivity (Wildman–Crippen MR) is 41.8 cm³/mol. The first kappa shape index (κ1) is 7.82. The first-order chi connectivity index (χ1) is 5.36. The van der Waals surface area contributed by atoms with Gasteiger partial charge in [0.1, 0.15) is 12.0 Å². The van der Waals surface area contributed by atoms with E-state index in [1.54, 1.807) is 24.3 Å². The van der Waals surface area contributed by atoms with E-state index in [4.69, 9.17) is 9.68 Å². The van der Waals surface area contributed by atoms with E-state index in [0.717, 1.165) is 6.29 Å². The summed E-state index contributed by atoms with van der Waals surface area (Å²) in [7, 11) is -0.347. The van der Waals surface area contributed by atoms with Crippen LogP contribution in [0.4, 0.5) is 0 Å². The topological polar surface area (TPSA) is 46.5 Å². The van der Waals surface area contributed by atoms with Gasteiger partial charge in [-0.15, -0.1) is 0 Å². The number of carbonyl (C=O) groups is 1. The van der Waals surface area contributed by atoms with Crippen molar-refractivity contribution in [1.29, 1.82) is 0 Å². The fourth-order valence-electron chi connectivity index (χ4n) is 0.717. The zero-order chi connectivity index (χ0) is 8.10. The third-order valence-electron chi connectivity index (χ3n) is 1.25. The van der Waals surface area contributed by atoms with Gasteiger partial charge in [0.25, 0.3) is 0 Å². The molecule has 0 amide bonds. The second kappa shape index (κ2) is 3.78. The number of benzene rings is 1. The molecule has 56 valence electrons. The number of carbonyl (C=O) groups excluding carboxylic acids is 1. The highest BCUT2D eigenvalue weighted by Crippen LogP contribution is 2.09. The molecule has 1 aromatic carbocycles. The summed E-state index contributed by atoms with van der Waals surface area (Å²) in [6, 6.07) is 6.50. The Morgan fingerprint density at radius 2 is 2.00 bits per heavy atom. The average Bonchev–Trinajstić information content (AvgIpc) is 2.07. The summed E-state index contributed by atoms with van der Waals surface area (Å²) in [6.45, 7) is 0. The average molecular weight is 150 g/mol. The maximum absolute atomic E-state index is 10.2. The Hall–Kier alpha value is -1.29. The van der Waals surface area contributed by atoms with E-state index in [1.165, 1.54) is 0 Å². The van der Waals surface area contributed by atoms with Gasteiger partial charge in [0.2, 0.25) is 0 Å². The van der Waals surface area contributed by atoms with Crippen molar-refractivity contribution < 1.29 is 14.5 Å². The Morgan fingerprint density at radius 3 is 2.45 bits per heavy atom. The fourth-order valence-corrected chi connectivity index (χ4v) is 0.717. The quantitative estimate of drug-likeness (QED) is 0.492. The van der Waals surface area contributed by atoms with Crippen molar-refractivity contribution in [2.24, 2.45) is 0 Å². The molecule has 3 nitrogen and oxygen atoms in total. The molecule has 11 heavy (non-hydrogen) atoms. The molecule has 1 rings (SSSR count). The van der Waals surface area contributed by atoms with Gasteiger partial charge in [-0.05, 0) is 24.3 Å². The summed E-state index contributed by atoms with van der Waals surface area (Å²) >= 11 is 0. The van der Waals surface area contributed by atoms with Crippen LogP contribution in [0.3, 0.4) is 0 Å². The van der Waals surface area contributed by atoms with Crippen LogP contribution in [0.5, 0.6) is 5.75 Å². The van der Waals surface area contributed by atoms with E-state index < -0.39 is 0 Å². The van der Waals surface area contributed by atoms with Gasteiger partial charge in [0, 0.05) is 5.56 Å². The summed E-state index contributed by atoms with van der Waals surface area (Å²) in [5.74, 6) is 0.554. The molecule has 0 heterocycles. The molecular formula is C7H7BO3. The minimum Gasteiger partial charge on any atom is -0.539 e. The first-order valence-electron chi connectivity index (χ1n) is 3.15. The summed E-state index contributed by atoms with van der Waals surface area (Å²) in [4.78, 5) is 10.2. The number of aldehydes is 1. The maximum Gasteiger partial charge on any atom is 0.504 e. The Balaban J connectivity index is 2.74. The lowest BCUT2D eigenvalue weighted by atomic mass is 10.2. The minimum atomic E-state index is -0.347. The lowest BCUT2D eigenvalue weighted by molar-refractivity contribution is 0.112. The fraction of sp³-hybridized carbons (Fsp3) is 0. The first-order valence-corrected chi connectivity index (χ1v) is 3.15. The minimum absolute atomic E-state index is 0.347. The highest BCUT2D eigenvalue weighted by molar-refractivity contribution is 6.17. The van der Waals surface area contributed by atoms with E-state index in [-0.39, 0.29) is 7.69 Å². The Kier molecular flexibility index (Phi) is 2.69. The van der Waals surface area contributed by atoms with Crippen LogP contribution in [0.25, 0.3) is 0 Å². The van der Waals surface area contributed by atoms with Gasteiger partial charge in [-0.25, -0.2) is 0 Å². The van der Waals surface area contributed by atoms with Crippen LogP contribution < -0.4 is 4.65 Å². The van der Waals surface area contributed by atoms with Crippen LogP contribution in [0.15, 0.2) is 24.3 Å². The van der Waals surface area contributed by atoms with Crippen LogP contribution in [-0.2, 0) is 0 Å². The van der Waals surface area contributed by atoms with Crippen molar-refractivity contribution in [1.82, 2.24) is 0 Å². The molecule has 0 spiro atoms. The Labute approximate surface area is 64.9 Å². The number of hydrogen-bond donors (Lipinski definition) is 1. The monoisotopic (exact) mass is 150 g/mol. The van der Waals surface area contributed by atoms with E-state index in [1.807, 2.05) is 0 Å². The van der Waals surface area contributed by atoms with Gasteiger partial charge in [-0.1, -0.05) is 0 Å². The summed E-state index contributed by atoms with van der Waals surface area (Å²) < 4.78 is 4.74. The highest BCUT2D eigenvalue weighted by atomic mass is 16.5. The standard InChI is InChI=1S/C7H7BO3/c9-5-6-1-3-7(4-2-6)11-8-10/h1-5,8,10H. The van der Waals surface area contributed by atoms with Crippen molar-refractivity contribution >= 4 is 14.0 Å². The number of hydrogen-bond acceptors (Lipinski definition) is 3. The third-order valence-corrected chi connectivity index (χ3v) is 1.25. The molecule has 4 heteroatoms. The lowest BCUT2D eigenvalue weighted by Crippen LogP contribution is -1.99. The lowest BCUT2D eigenvalue weighted by Gasteiger charge is -1.99. The smallest absolute Gasteiger partial charge is 0.504 e. The second-order valence-corrected chi connectivity index (χ2v) is 1.96. The molecular weight excluding hydrogens is 143 g/mol. The molecule has 1 aromatic rings. The number of rotatable bonds is 3. The van der Waals surface area contributed by atoms with Crippen molar-refractivity contribution in [2.45, 2.75) is 0 Å². The summed E-state index contributed by atoms with van der Waals surface area (Å²) in [5, 5.41) is 8.35. The molecule has 0 aliphatic rings. The summed E-state index contributed by atoms with van der Waals surface area (Å²) in [5.41, 5.74) is 0.593. The van der Waals surface area contributed by atoms with Gasteiger partial charge >= 0.3 is 7.69 Å². The molecule has 0 aliphatic heterocycles. The van der Waals surface area contributed by atoms with Crippen LogP contribution >= 0.6 is 0 Å². The van der Waals surface area contributed by atoms with Crippen molar-refractivity contribution in [2.75, 3.05) is 0 Å². The van der Waals surface area contributed by atoms with E-state index in [0.29, 0.717) is 11.3 Å². The maximum atomic E-state index is 10.2. The molecule has 0 atom stereocenters. The molecule has 1 N–H and O–H groups in total. The van der Waals surface area contributed by atoms with Crippen molar-refractivity contribution in [3.8, 4) is 5.75 Å². The molecule has 0 aromatic heterocycles. The van der Waals surface area contributed by atoms with Gasteiger partial charge in [0.15, 0.2) is 0 Å². The van der Waals surface area contributed by atoms with E-state index >= 15 is 0 Å². The zero-order valence-electron chi connectivity index (χ0n) is 5.86.